The van der Waals surface area contributed by atoms with Crippen LogP contribution >= 0.6 is 0 Å². The first-order chi connectivity index (χ1) is 13.3. The quantitative estimate of drug-likeness (QED) is 0.811. The van der Waals surface area contributed by atoms with Crippen LogP contribution in [-0.2, 0) is 14.3 Å². The van der Waals surface area contributed by atoms with Gasteiger partial charge in [0.2, 0.25) is 11.8 Å². The van der Waals surface area contributed by atoms with E-state index in [1.165, 1.54) is 0 Å². The summed E-state index contributed by atoms with van der Waals surface area (Å²) in [5, 5.41) is 5.72. The number of hydrogen-bond donors (Lipinski definition) is 2. The van der Waals surface area contributed by atoms with Gasteiger partial charge < -0.3 is 20.3 Å². The van der Waals surface area contributed by atoms with Crippen molar-refractivity contribution < 1.29 is 19.1 Å². The summed E-state index contributed by atoms with van der Waals surface area (Å²) < 4.78 is 5.53. The number of carbonyl (C=O) groups excluding carboxylic acids is 3. The van der Waals surface area contributed by atoms with E-state index in [-0.39, 0.29) is 35.8 Å². The first-order valence-electron chi connectivity index (χ1n) is 9.86. The summed E-state index contributed by atoms with van der Waals surface area (Å²) in [6.07, 6.45) is 2.20. The molecule has 0 aliphatic carbocycles. The second-order valence-corrected chi connectivity index (χ2v) is 8.46. The Bertz CT molecular complexity index is 750. The molecule has 0 unspecified atom stereocenters. The second kappa shape index (κ2) is 8.31. The minimum atomic E-state index is -0.422. The van der Waals surface area contributed by atoms with Crippen molar-refractivity contribution in [2.75, 3.05) is 25.0 Å². The van der Waals surface area contributed by atoms with Gasteiger partial charge in [-0.05, 0) is 45.7 Å². The monoisotopic (exact) mass is 387 g/mol. The molecule has 2 heterocycles. The highest BCUT2D eigenvalue weighted by Gasteiger charge is 2.39. The van der Waals surface area contributed by atoms with Gasteiger partial charge in [0, 0.05) is 31.7 Å². The first kappa shape index (κ1) is 20.3. The lowest BCUT2D eigenvalue weighted by Crippen LogP contribution is -2.42. The zero-order valence-electron chi connectivity index (χ0n) is 16.8. The SMILES string of the molecule is CC(C)(C)N1C[C@@H](C(=O)Nc2ccccc2C(=O)NC[C@H]2CCCO2)CC1=O. The number of likely N-dealkylation sites (tertiary alicyclic amines) is 1. The lowest BCUT2D eigenvalue weighted by molar-refractivity contribution is -0.131. The third-order valence-corrected chi connectivity index (χ3v) is 5.25. The van der Waals surface area contributed by atoms with E-state index in [2.05, 4.69) is 10.6 Å². The van der Waals surface area contributed by atoms with Gasteiger partial charge in [0.1, 0.15) is 0 Å². The predicted octanol–water partition coefficient (Wildman–Crippen LogP) is 2.18. The molecule has 28 heavy (non-hydrogen) atoms. The lowest BCUT2D eigenvalue weighted by Gasteiger charge is -2.31. The van der Waals surface area contributed by atoms with Crippen LogP contribution < -0.4 is 10.6 Å². The van der Waals surface area contributed by atoms with Gasteiger partial charge in [0.25, 0.3) is 5.91 Å². The Kier molecular flexibility index (Phi) is 6.03. The van der Waals surface area contributed by atoms with Gasteiger partial charge in [-0.1, -0.05) is 12.1 Å². The van der Waals surface area contributed by atoms with Gasteiger partial charge in [0.15, 0.2) is 0 Å². The van der Waals surface area contributed by atoms with Crippen LogP contribution in [0.3, 0.4) is 0 Å². The van der Waals surface area contributed by atoms with Crippen molar-refractivity contribution in [2.24, 2.45) is 5.92 Å². The molecule has 3 amide bonds. The fourth-order valence-corrected chi connectivity index (χ4v) is 3.66. The molecular weight excluding hydrogens is 358 g/mol. The maximum absolute atomic E-state index is 12.7. The molecule has 1 aromatic rings. The maximum Gasteiger partial charge on any atom is 0.253 e. The van der Waals surface area contributed by atoms with E-state index in [0.29, 0.717) is 24.3 Å². The number of rotatable bonds is 5. The van der Waals surface area contributed by atoms with Gasteiger partial charge >= 0.3 is 0 Å². The van der Waals surface area contributed by atoms with Crippen molar-refractivity contribution in [3.05, 3.63) is 29.8 Å². The fraction of sp³-hybridized carbons (Fsp3) is 0.571. The zero-order valence-corrected chi connectivity index (χ0v) is 16.8. The average molecular weight is 387 g/mol. The Labute approximate surface area is 165 Å². The number of benzene rings is 1. The second-order valence-electron chi connectivity index (χ2n) is 8.46. The number of carbonyl (C=O) groups is 3. The van der Waals surface area contributed by atoms with Gasteiger partial charge in [-0.15, -0.1) is 0 Å². The third-order valence-electron chi connectivity index (χ3n) is 5.25. The minimum absolute atomic E-state index is 0.0183. The molecule has 0 radical (unpaired) electrons. The van der Waals surface area contributed by atoms with Crippen LogP contribution in [0.5, 0.6) is 0 Å². The molecular formula is C21H29N3O4. The molecule has 7 heteroatoms. The van der Waals surface area contributed by atoms with E-state index in [0.717, 1.165) is 19.4 Å². The van der Waals surface area contributed by atoms with Crippen molar-refractivity contribution in [2.45, 2.75) is 51.7 Å². The molecule has 2 aliphatic rings. The normalized spacial score (nSPS) is 22.4. The Morgan fingerprint density at radius 1 is 1.25 bits per heavy atom. The highest BCUT2D eigenvalue weighted by molar-refractivity contribution is 6.05. The summed E-state index contributed by atoms with van der Waals surface area (Å²) in [6.45, 7) is 7.45. The van der Waals surface area contributed by atoms with E-state index < -0.39 is 5.92 Å². The summed E-state index contributed by atoms with van der Waals surface area (Å²) >= 11 is 0. The summed E-state index contributed by atoms with van der Waals surface area (Å²) in [6, 6.07) is 6.92. The molecule has 0 bridgehead atoms. The van der Waals surface area contributed by atoms with E-state index in [1.807, 2.05) is 20.8 Å². The highest BCUT2D eigenvalue weighted by Crippen LogP contribution is 2.27. The van der Waals surface area contributed by atoms with Crippen molar-refractivity contribution in [3.8, 4) is 0 Å². The molecule has 0 aromatic heterocycles. The van der Waals surface area contributed by atoms with Crippen LogP contribution in [0.2, 0.25) is 0 Å². The standard InChI is InChI=1S/C21H29N3O4/c1-21(2,3)24-13-14(11-18(24)25)19(26)23-17-9-5-4-8-16(17)20(27)22-12-15-7-6-10-28-15/h4-5,8-9,14-15H,6-7,10-13H2,1-3H3,(H,22,27)(H,23,26)/t14-,15+/m0/s1. The smallest absolute Gasteiger partial charge is 0.253 e. The molecule has 3 rings (SSSR count). The van der Waals surface area contributed by atoms with E-state index in [4.69, 9.17) is 4.74 Å². The summed E-state index contributed by atoms with van der Waals surface area (Å²) in [4.78, 5) is 39.3. The molecule has 2 aliphatic heterocycles. The topological polar surface area (TPSA) is 87.7 Å². The fourth-order valence-electron chi connectivity index (χ4n) is 3.66. The van der Waals surface area contributed by atoms with Crippen LogP contribution in [0.1, 0.15) is 50.4 Å². The van der Waals surface area contributed by atoms with E-state index in [9.17, 15) is 14.4 Å². The first-order valence-corrected chi connectivity index (χ1v) is 9.86. The Morgan fingerprint density at radius 3 is 2.64 bits per heavy atom. The lowest BCUT2D eigenvalue weighted by atomic mass is 10.1. The molecule has 0 saturated carbocycles. The largest absolute Gasteiger partial charge is 0.376 e. The molecule has 1 aromatic carbocycles. The predicted molar refractivity (Wildman–Crippen MR) is 106 cm³/mol. The van der Waals surface area contributed by atoms with Crippen LogP contribution in [0, 0.1) is 5.92 Å². The molecule has 2 fully saturated rings. The maximum atomic E-state index is 12.7. The minimum Gasteiger partial charge on any atom is -0.376 e. The molecule has 0 spiro atoms. The molecule has 2 saturated heterocycles. The number of anilines is 1. The van der Waals surface area contributed by atoms with Crippen LogP contribution in [-0.4, -0.2) is 54.0 Å². The Balaban J connectivity index is 1.63. The average Bonchev–Trinajstić information content (AvgIpc) is 3.29. The third kappa shape index (κ3) is 4.70. The molecule has 2 atom stereocenters. The van der Waals surface area contributed by atoms with Crippen molar-refractivity contribution in [1.82, 2.24) is 10.2 Å². The highest BCUT2D eigenvalue weighted by atomic mass is 16.5. The number of nitrogens with zero attached hydrogens (tertiary/aromatic N) is 1. The summed E-state index contributed by atoms with van der Waals surface area (Å²) in [5.41, 5.74) is 0.552. The summed E-state index contributed by atoms with van der Waals surface area (Å²) in [5.74, 6) is -0.922. The Hall–Kier alpha value is -2.41. The molecule has 2 N–H and O–H groups in total. The molecule has 152 valence electrons. The van der Waals surface area contributed by atoms with Crippen molar-refractivity contribution in [1.29, 1.82) is 0 Å². The van der Waals surface area contributed by atoms with Crippen LogP contribution in [0.4, 0.5) is 5.69 Å². The number of hydrogen-bond acceptors (Lipinski definition) is 4. The number of nitrogens with one attached hydrogen (secondary N) is 2. The van der Waals surface area contributed by atoms with Crippen LogP contribution in [0.15, 0.2) is 24.3 Å². The van der Waals surface area contributed by atoms with Crippen LogP contribution in [0.25, 0.3) is 0 Å². The van der Waals surface area contributed by atoms with Crippen molar-refractivity contribution >= 4 is 23.4 Å². The van der Waals surface area contributed by atoms with Gasteiger partial charge in [0.05, 0.1) is 23.3 Å². The van der Waals surface area contributed by atoms with Crippen molar-refractivity contribution in [3.63, 3.8) is 0 Å². The Morgan fingerprint density at radius 2 is 2.00 bits per heavy atom. The number of para-hydroxylation sites is 1. The zero-order chi connectivity index (χ0) is 20.3. The molecule has 7 nitrogen and oxygen atoms in total. The number of ether oxygens (including phenoxy) is 1. The van der Waals surface area contributed by atoms with Gasteiger partial charge in [-0.25, -0.2) is 0 Å². The van der Waals surface area contributed by atoms with Gasteiger partial charge in [-0.2, -0.15) is 0 Å². The van der Waals surface area contributed by atoms with E-state index in [1.54, 1.807) is 29.2 Å². The van der Waals surface area contributed by atoms with E-state index >= 15 is 0 Å². The summed E-state index contributed by atoms with van der Waals surface area (Å²) in [7, 11) is 0. The van der Waals surface area contributed by atoms with Gasteiger partial charge in [-0.3, -0.25) is 14.4 Å². The number of amides is 3.